The molecule has 0 spiro atoms. The highest BCUT2D eigenvalue weighted by atomic mass is 32.2. The van der Waals surface area contributed by atoms with E-state index in [-0.39, 0.29) is 10.5 Å². The summed E-state index contributed by atoms with van der Waals surface area (Å²) in [7, 11) is -3.56. The topological polar surface area (TPSA) is 89.3 Å². The highest BCUT2D eigenvalue weighted by Crippen LogP contribution is 2.25. The van der Waals surface area contributed by atoms with E-state index in [0.717, 1.165) is 30.0 Å². The van der Waals surface area contributed by atoms with E-state index in [1.807, 2.05) is 24.3 Å². The Hall–Kier alpha value is -3.52. The maximum absolute atomic E-state index is 14.0. The molecule has 1 heterocycles. The van der Waals surface area contributed by atoms with Crippen molar-refractivity contribution < 1.29 is 22.0 Å². The molecule has 0 saturated carbocycles. The molecule has 4 aromatic rings. The summed E-state index contributed by atoms with van der Waals surface area (Å²) in [5.74, 6) is -1.11. The van der Waals surface area contributed by atoms with Crippen LogP contribution < -0.4 is 5.32 Å². The van der Waals surface area contributed by atoms with E-state index in [1.165, 1.54) is 0 Å². The van der Waals surface area contributed by atoms with Crippen LogP contribution in [0.3, 0.4) is 0 Å². The number of carbonyl (C=O) groups is 1. The van der Waals surface area contributed by atoms with Crippen LogP contribution in [-0.2, 0) is 9.84 Å². The first-order valence-corrected chi connectivity index (χ1v) is 10.5. The van der Waals surface area contributed by atoms with Gasteiger partial charge in [-0.3, -0.25) is 4.79 Å². The van der Waals surface area contributed by atoms with Crippen molar-refractivity contribution >= 4 is 32.5 Å². The lowest BCUT2D eigenvalue weighted by atomic mass is 10.1. The lowest BCUT2D eigenvalue weighted by Crippen LogP contribution is -2.14. The van der Waals surface area contributed by atoms with Gasteiger partial charge in [0.05, 0.1) is 10.5 Å². The molecule has 1 amide bonds. The van der Waals surface area contributed by atoms with Crippen molar-refractivity contribution in [3.8, 4) is 11.5 Å². The minimum absolute atomic E-state index is 0.129. The molecule has 0 radical (unpaired) electrons. The molecule has 0 aliphatic carbocycles. The maximum atomic E-state index is 14.0. The van der Waals surface area contributed by atoms with E-state index >= 15 is 0 Å². The van der Waals surface area contributed by atoms with Crippen LogP contribution in [-0.4, -0.2) is 25.6 Å². The number of benzene rings is 3. The van der Waals surface area contributed by atoms with Crippen molar-refractivity contribution in [3.63, 3.8) is 0 Å². The van der Waals surface area contributed by atoms with Crippen molar-refractivity contribution in [2.24, 2.45) is 0 Å². The third kappa shape index (κ3) is 3.88. The lowest BCUT2D eigenvalue weighted by Gasteiger charge is -2.08. The fourth-order valence-electron chi connectivity index (χ4n) is 2.80. The highest BCUT2D eigenvalue weighted by Gasteiger charge is 2.17. The van der Waals surface area contributed by atoms with Gasteiger partial charge in [0.15, 0.2) is 15.4 Å². The van der Waals surface area contributed by atoms with Crippen LogP contribution >= 0.6 is 0 Å². The smallest absolute Gasteiger partial charge is 0.258 e. The number of fused-ring (bicyclic) bond motifs is 1. The van der Waals surface area contributed by atoms with Crippen molar-refractivity contribution in [1.29, 1.82) is 0 Å². The van der Waals surface area contributed by atoms with Crippen LogP contribution in [0.5, 0.6) is 0 Å². The first-order chi connectivity index (χ1) is 13.8. The zero-order chi connectivity index (χ0) is 20.6. The van der Waals surface area contributed by atoms with E-state index in [1.54, 1.807) is 24.3 Å². The number of nitrogens with one attached hydrogen (secondary N) is 1. The summed E-state index contributed by atoms with van der Waals surface area (Å²) in [5.41, 5.74) is 2.18. The number of oxazole rings is 1. The molecular weight excluding hydrogens is 395 g/mol. The monoisotopic (exact) mass is 410 g/mol. The lowest BCUT2D eigenvalue weighted by molar-refractivity contribution is 0.102. The number of anilines is 1. The van der Waals surface area contributed by atoms with E-state index in [4.69, 9.17) is 4.42 Å². The second kappa shape index (κ2) is 7.14. The standard InChI is InChI=1S/C21H15FN2O4S/c1-29(26,27)15-10-11-17(22)16(12-15)20(25)23-14-8-6-13(7-9-14)21-24-18-4-2-3-5-19(18)28-21/h2-12H,1H3,(H,23,25). The highest BCUT2D eigenvalue weighted by molar-refractivity contribution is 7.90. The van der Waals surface area contributed by atoms with Gasteiger partial charge in [0.2, 0.25) is 5.89 Å². The van der Waals surface area contributed by atoms with Crippen LogP contribution in [0.2, 0.25) is 0 Å². The van der Waals surface area contributed by atoms with Crippen molar-refractivity contribution in [1.82, 2.24) is 4.98 Å². The molecule has 6 nitrogen and oxygen atoms in total. The SMILES string of the molecule is CS(=O)(=O)c1ccc(F)c(C(=O)Nc2ccc(-c3nc4ccccc4o3)cc2)c1. The molecule has 0 unspecified atom stereocenters. The van der Waals surface area contributed by atoms with Gasteiger partial charge in [-0.05, 0) is 54.6 Å². The molecule has 1 aromatic heterocycles. The maximum Gasteiger partial charge on any atom is 0.258 e. The molecule has 0 saturated heterocycles. The quantitative estimate of drug-likeness (QED) is 0.507. The molecule has 0 aliphatic rings. The first kappa shape index (κ1) is 18.8. The summed E-state index contributed by atoms with van der Waals surface area (Å²) in [6.45, 7) is 0. The summed E-state index contributed by atoms with van der Waals surface area (Å²) >= 11 is 0. The van der Waals surface area contributed by atoms with Gasteiger partial charge in [0.25, 0.3) is 5.91 Å². The molecule has 3 aromatic carbocycles. The third-order valence-corrected chi connectivity index (χ3v) is 5.40. The molecule has 1 N–H and O–H groups in total. The fraction of sp³-hybridized carbons (Fsp3) is 0.0476. The second-order valence-electron chi connectivity index (χ2n) is 6.43. The molecule has 0 bridgehead atoms. The molecule has 0 atom stereocenters. The fourth-order valence-corrected chi connectivity index (χ4v) is 3.45. The summed E-state index contributed by atoms with van der Waals surface area (Å²) in [6, 6.07) is 17.2. The van der Waals surface area contributed by atoms with Crippen LogP contribution in [0.15, 0.2) is 76.0 Å². The number of para-hydroxylation sites is 2. The van der Waals surface area contributed by atoms with Gasteiger partial charge in [-0.25, -0.2) is 17.8 Å². The first-order valence-electron chi connectivity index (χ1n) is 8.58. The molecule has 0 aliphatic heterocycles. The normalized spacial score (nSPS) is 11.5. The van der Waals surface area contributed by atoms with E-state index in [9.17, 15) is 17.6 Å². The Labute approximate surface area is 165 Å². The van der Waals surface area contributed by atoms with Crippen LogP contribution in [0.25, 0.3) is 22.6 Å². The van der Waals surface area contributed by atoms with E-state index in [2.05, 4.69) is 10.3 Å². The molecule has 146 valence electrons. The van der Waals surface area contributed by atoms with Crippen LogP contribution in [0.4, 0.5) is 10.1 Å². The molecule has 0 fully saturated rings. The number of rotatable bonds is 4. The van der Waals surface area contributed by atoms with Crippen LogP contribution in [0.1, 0.15) is 10.4 Å². The van der Waals surface area contributed by atoms with Crippen molar-refractivity contribution in [2.45, 2.75) is 4.90 Å². The van der Waals surface area contributed by atoms with E-state index in [0.29, 0.717) is 22.7 Å². The number of hydrogen-bond donors (Lipinski definition) is 1. The van der Waals surface area contributed by atoms with Gasteiger partial charge in [-0.2, -0.15) is 0 Å². The Balaban J connectivity index is 1.57. The minimum atomic E-state index is -3.56. The Morgan fingerprint density at radius 1 is 1.03 bits per heavy atom. The third-order valence-electron chi connectivity index (χ3n) is 4.29. The van der Waals surface area contributed by atoms with Gasteiger partial charge in [-0.15, -0.1) is 0 Å². The molecule has 29 heavy (non-hydrogen) atoms. The average molecular weight is 410 g/mol. The number of aromatic nitrogens is 1. The van der Waals surface area contributed by atoms with Crippen LogP contribution in [0, 0.1) is 5.82 Å². The minimum Gasteiger partial charge on any atom is -0.436 e. The Kier molecular flexibility index (Phi) is 4.63. The predicted molar refractivity (Wildman–Crippen MR) is 107 cm³/mol. The summed E-state index contributed by atoms with van der Waals surface area (Å²) in [4.78, 5) is 16.7. The molecule has 4 rings (SSSR count). The number of sulfone groups is 1. The second-order valence-corrected chi connectivity index (χ2v) is 8.45. The van der Waals surface area contributed by atoms with Gasteiger partial charge in [0.1, 0.15) is 11.3 Å². The number of amides is 1. The largest absolute Gasteiger partial charge is 0.436 e. The van der Waals surface area contributed by atoms with Crippen molar-refractivity contribution in [3.05, 3.63) is 78.1 Å². The van der Waals surface area contributed by atoms with Gasteiger partial charge in [0, 0.05) is 17.5 Å². The summed E-state index contributed by atoms with van der Waals surface area (Å²) < 4.78 is 43.0. The zero-order valence-corrected chi connectivity index (χ0v) is 16.0. The predicted octanol–water partition coefficient (Wildman–Crippen LogP) is 4.29. The molecular formula is C21H15FN2O4S. The number of carbonyl (C=O) groups excluding carboxylic acids is 1. The average Bonchev–Trinajstić information content (AvgIpc) is 3.12. The zero-order valence-electron chi connectivity index (χ0n) is 15.2. The van der Waals surface area contributed by atoms with Gasteiger partial charge in [-0.1, -0.05) is 12.1 Å². The Morgan fingerprint density at radius 2 is 1.76 bits per heavy atom. The summed E-state index contributed by atoms with van der Waals surface area (Å²) in [5, 5.41) is 2.56. The van der Waals surface area contributed by atoms with Crippen molar-refractivity contribution in [2.75, 3.05) is 11.6 Å². The Morgan fingerprint density at radius 3 is 2.45 bits per heavy atom. The van der Waals surface area contributed by atoms with Gasteiger partial charge < -0.3 is 9.73 Å². The molecule has 8 heteroatoms. The Bertz CT molecular complexity index is 1300. The van der Waals surface area contributed by atoms with E-state index < -0.39 is 21.6 Å². The summed E-state index contributed by atoms with van der Waals surface area (Å²) in [6.07, 6.45) is 0.993. The number of halogens is 1. The number of hydrogen-bond acceptors (Lipinski definition) is 5. The number of nitrogens with zero attached hydrogens (tertiary/aromatic N) is 1. The van der Waals surface area contributed by atoms with Gasteiger partial charge >= 0.3 is 0 Å².